The fourth-order valence-electron chi connectivity index (χ4n) is 2.71. The minimum absolute atomic E-state index is 0.0360. The number of aliphatic hydroxyl groups is 2. The zero-order valence-corrected chi connectivity index (χ0v) is 11.9. The molecular formula is C16H25NO3. The van der Waals surface area contributed by atoms with E-state index in [0.717, 1.165) is 12.4 Å². The summed E-state index contributed by atoms with van der Waals surface area (Å²) in [6.45, 7) is 0.771. The maximum absolute atomic E-state index is 9.94. The number of hydrogen-bond donors (Lipinski definition) is 3. The van der Waals surface area contributed by atoms with E-state index in [-0.39, 0.29) is 6.54 Å². The number of nitrogens with two attached hydrogens (primary N) is 1. The zero-order valence-electron chi connectivity index (χ0n) is 11.9. The van der Waals surface area contributed by atoms with Crippen LogP contribution in [-0.2, 0) is 0 Å². The Morgan fingerprint density at radius 3 is 2.65 bits per heavy atom. The molecule has 0 aromatic heterocycles. The highest BCUT2D eigenvalue weighted by Gasteiger charge is 2.18. The van der Waals surface area contributed by atoms with Crippen molar-refractivity contribution in [2.45, 2.75) is 44.3 Å². The van der Waals surface area contributed by atoms with E-state index in [2.05, 4.69) is 0 Å². The molecule has 0 aliphatic heterocycles. The molecule has 0 heterocycles. The predicted octanol–water partition coefficient (Wildman–Crippen LogP) is 2.00. The number of hydrogen-bond acceptors (Lipinski definition) is 4. The topological polar surface area (TPSA) is 75.7 Å². The first-order chi connectivity index (χ1) is 9.70. The standard InChI is InChI=1S/C16H25NO3/c17-10-15(18)16(19)13-7-4-8-14(9-13)20-11-12-5-2-1-3-6-12/h4,7-9,12,15-16,18-19H,1-3,5-6,10-11,17H2/t15-,16-/m1/s1. The van der Waals surface area contributed by atoms with Crippen molar-refractivity contribution < 1.29 is 14.9 Å². The first-order valence-electron chi connectivity index (χ1n) is 7.49. The molecule has 4 N–H and O–H groups in total. The fraction of sp³-hybridized carbons (Fsp3) is 0.625. The van der Waals surface area contributed by atoms with Crippen molar-refractivity contribution >= 4 is 0 Å². The lowest BCUT2D eigenvalue weighted by atomic mass is 9.90. The molecule has 4 nitrogen and oxygen atoms in total. The van der Waals surface area contributed by atoms with Crippen LogP contribution in [-0.4, -0.2) is 29.5 Å². The highest BCUT2D eigenvalue weighted by Crippen LogP contribution is 2.26. The Morgan fingerprint density at radius 1 is 1.20 bits per heavy atom. The molecule has 1 aliphatic rings. The van der Waals surface area contributed by atoms with Crippen molar-refractivity contribution in [2.24, 2.45) is 11.7 Å². The number of aliphatic hydroxyl groups excluding tert-OH is 2. The Morgan fingerprint density at radius 2 is 1.95 bits per heavy atom. The SMILES string of the molecule is NC[C@@H](O)[C@H](O)c1cccc(OCC2CCCCC2)c1. The van der Waals surface area contributed by atoms with E-state index in [4.69, 9.17) is 10.5 Å². The molecule has 0 amide bonds. The quantitative estimate of drug-likeness (QED) is 0.744. The van der Waals surface area contributed by atoms with E-state index in [9.17, 15) is 10.2 Å². The van der Waals surface area contributed by atoms with Crippen LogP contribution in [0.25, 0.3) is 0 Å². The second-order valence-corrected chi connectivity index (χ2v) is 5.64. The minimum Gasteiger partial charge on any atom is -0.493 e. The maximum atomic E-state index is 9.94. The van der Waals surface area contributed by atoms with Gasteiger partial charge >= 0.3 is 0 Å². The van der Waals surface area contributed by atoms with Crippen LogP contribution in [0.15, 0.2) is 24.3 Å². The van der Waals surface area contributed by atoms with Gasteiger partial charge in [0.25, 0.3) is 0 Å². The molecule has 2 rings (SSSR count). The molecule has 0 bridgehead atoms. The third-order valence-corrected chi connectivity index (χ3v) is 4.02. The monoisotopic (exact) mass is 279 g/mol. The van der Waals surface area contributed by atoms with E-state index in [1.165, 1.54) is 32.1 Å². The Labute approximate surface area is 120 Å². The smallest absolute Gasteiger partial charge is 0.119 e. The molecule has 0 unspecified atom stereocenters. The summed E-state index contributed by atoms with van der Waals surface area (Å²) in [5, 5.41) is 19.5. The lowest BCUT2D eigenvalue weighted by molar-refractivity contribution is 0.0242. The van der Waals surface area contributed by atoms with Gasteiger partial charge in [-0.2, -0.15) is 0 Å². The van der Waals surface area contributed by atoms with Crippen LogP contribution in [0, 0.1) is 5.92 Å². The predicted molar refractivity (Wildman–Crippen MR) is 78.5 cm³/mol. The summed E-state index contributed by atoms with van der Waals surface area (Å²) >= 11 is 0. The van der Waals surface area contributed by atoms with Crippen molar-refractivity contribution in [2.75, 3.05) is 13.2 Å². The van der Waals surface area contributed by atoms with Gasteiger partial charge in [-0.1, -0.05) is 31.4 Å². The van der Waals surface area contributed by atoms with Gasteiger partial charge in [0.2, 0.25) is 0 Å². The first-order valence-corrected chi connectivity index (χ1v) is 7.49. The molecule has 2 atom stereocenters. The second kappa shape index (κ2) is 7.62. The van der Waals surface area contributed by atoms with E-state index >= 15 is 0 Å². The van der Waals surface area contributed by atoms with E-state index in [0.29, 0.717) is 11.5 Å². The highest BCUT2D eigenvalue weighted by atomic mass is 16.5. The van der Waals surface area contributed by atoms with Gasteiger partial charge < -0.3 is 20.7 Å². The van der Waals surface area contributed by atoms with Crippen molar-refractivity contribution in [3.05, 3.63) is 29.8 Å². The van der Waals surface area contributed by atoms with Crippen molar-refractivity contribution in [1.29, 1.82) is 0 Å². The third-order valence-electron chi connectivity index (χ3n) is 4.02. The molecule has 112 valence electrons. The fourth-order valence-corrected chi connectivity index (χ4v) is 2.71. The average molecular weight is 279 g/mol. The largest absolute Gasteiger partial charge is 0.493 e. The number of ether oxygens (including phenoxy) is 1. The summed E-state index contributed by atoms with van der Waals surface area (Å²) in [7, 11) is 0. The molecule has 0 radical (unpaired) electrons. The Kier molecular flexibility index (Phi) is 5.83. The van der Waals surface area contributed by atoms with Gasteiger partial charge in [-0.3, -0.25) is 0 Å². The number of benzene rings is 1. The lowest BCUT2D eigenvalue weighted by Crippen LogP contribution is -2.27. The molecule has 1 aromatic carbocycles. The third kappa shape index (κ3) is 4.20. The summed E-state index contributed by atoms with van der Waals surface area (Å²) in [6, 6.07) is 7.27. The van der Waals surface area contributed by atoms with Gasteiger partial charge in [-0.05, 0) is 36.5 Å². The summed E-state index contributed by atoms with van der Waals surface area (Å²) in [5.74, 6) is 1.39. The van der Waals surface area contributed by atoms with Crippen LogP contribution in [0.2, 0.25) is 0 Å². The molecule has 20 heavy (non-hydrogen) atoms. The average Bonchev–Trinajstić information content (AvgIpc) is 2.52. The normalized spacial score (nSPS) is 19.6. The Balaban J connectivity index is 1.91. The second-order valence-electron chi connectivity index (χ2n) is 5.64. The van der Waals surface area contributed by atoms with Crippen molar-refractivity contribution in [3.8, 4) is 5.75 Å². The summed E-state index contributed by atoms with van der Waals surface area (Å²) in [4.78, 5) is 0. The molecule has 1 saturated carbocycles. The van der Waals surface area contributed by atoms with Gasteiger partial charge in [0.1, 0.15) is 11.9 Å². The van der Waals surface area contributed by atoms with Crippen LogP contribution in [0.4, 0.5) is 0 Å². The van der Waals surface area contributed by atoms with Crippen LogP contribution < -0.4 is 10.5 Å². The Hall–Kier alpha value is -1.10. The zero-order chi connectivity index (χ0) is 14.4. The van der Waals surface area contributed by atoms with Gasteiger partial charge in [-0.15, -0.1) is 0 Å². The van der Waals surface area contributed by atoms with Crippen molar-refractivity contribution in [3.63, 3.8) is 0 Å². The van der Waals surface area contributed by atoms with Gasteiger partial charge in [0.05, 0.1) is 12.7 Å². The molecular weight excluding hydrogens is 254 g/mol. The molecule has 0 saturated heterocycles. The number of rotatable bonds is 6. The van der Waals surface area contributed by atoms with Crippen LogP contribution in [0.3, 0.4) is 0 Å². The summed E-state index contributed by atoms with van der Waals surface area (Å²) in [5.41, 5.74) is 6.01. The summed E-state index contributed by atoms with van der Waals surface area (Å²) < 4.78 is 5.83. The molecule has 0 spiro atoms. The first kappa shape index (κ1) is 15.3. The molecule has 1 fully saturated rings. The Bertz CT molecular complexity index is 404. The molecule has 1 aromatic rings. The van der Waals surface area contributed by atoms with Crippen LogP contribution >= 0.6 is 0 Å². The minimum atomic E-state index is -0.960. The van der Waals surface area contributed by atoms with Crippen LogP contribution in [0.1, 0.15) is 43.8 Å². The van der Waals surface area contributed by atoms with E-state index in [1.807, 2.05) is 12.1 Å². The molecule has 1 aliphatic carbocycles. The molecule has 4 heteroatoms. The van der Waals surface area contributed by atoms with Gasteiger partial charge in [-0.25, -0.2) is 0 Å². The van der Waals surface area contributed by atoms with Crippen molar-refractivity contribution in [1.82, 2.24) is 0 Å². The van der Waals surface area contributed by atoms with E-state index in [1.54, 1.807) is 12.1 Å². The lowest BCUT2D eigenvalue weighted by Gasteiger charge is -2.22. The van der Waals surface area contributed by atoms with Crippen LogP contribution in [0.5, 0.6) is 5.75 Å². The van der Waals surface area contributed by atoms with Gasteiger partial charge in [0, 0.05) is 6.54 Å². The highest BCUT2D eigenvalue weighted by molar-refractivity contribution is 5.30. The van der Waals surface area contributed by atoms with E-state index < -0.39 is 12.2 Å². The summed E-state index contributed by atoms with van der Waals surface area (Å²) in [6.07, 6.45) is 4.53. The maximum Gasteiger partial charge on any atom is 0.119 e. The van der Waals surface area contributed by atoms with Gasteiger partial charge in [0.15, 0.2) is 0 Å².